The minimum absolute atomic E-state index is 0.0385. The van der Waals surface area contributed by atoms with Gasteiger partial charge in [-0.2, -0.15) is 0 Å². The van der Waals surface area contributed by atoms with Crippen LogP contribution in [0.3, 0.4) is 0 Å². The summed E-state index contributed by atoms with van der Waals surface area (Å²) in [7, 11) is 0. The first kappa shape index (κ1) is 14.7. The van der Waals surface area contributed by atoms with Gasteiger partial charge in [-0.1, -0.05) is 6.92 Å². The summed E-state index contributed by atoms with van der Waals surface area (Å²) in [6.07, 6.45) is -2.23. The molecule has 15 heavy (non-hydrogen) atoms. The number of aliphatic hydroxyl groups is 1. The zero-order valence-corrected chi connectivity index (χ0v) is 9.59. The van der Waals surface area contributed by atoms with Gasteiger partial charge in [0.2, 0.25) is 0 Å². The van der Waals surface area contributed by atoms with Crippen molar-refractivity contribution in [3.8, 4) is 0 Å². The Kier molecular flexibility index (Phi) is 6.96. The molecular formula is C10H21F2NO2. The number of hydrogen-bond donors (Lipinski definition) is 2. The number of halogens is 2. The minimum Gasteiger partial charge on any atom is -0.394 e. The third kappa shape index (κ3) is 6.76. The first-order valence-electron chi connectivity index (χ1n) is 5.19. The zero-order chi connectivity index (χ0) is 11.9. The van der Waals surface area contributed by atoms with Crippen LogP contribution in [0.4, 0.5) is 8.78 Å². The maximum absolute atomic E-state index is 11.9. The monoisotopic (exact) mass is 225 g/mol. The molecule has 0 aromatic heterocycles. The van der Waals surface area contributed by atoms with Gasteiger partial charge in [0.15, 0.2) is 0 Å². The van der Waals surface area contributed by atoms with Crippen LogP contribution in [-0.4, -0.2) is 42.9 Å². The molecule has 2 unspecified atom stereocenters. The SMILES string of the molecule is CCNC(C)(CO)CC(C)OCC(F)F. The van der Waals surface area contributed by atoms with Gasteiger partial charge in [0.25, 0.3) is 6.43 Å². The smallest absolute Gasteiger partial charge is 0.261 e. The van der Waals surface area contributed by atoms with Gasteiger partial charge in [-0.3, -0.25) is 0 Å². The molecule has 0 aliphatic rings. The van der Waals surface area contributed by atoms with Gasteiger partial charge < -0.3 is 15.2 Å². The second-order valence-corrected chi connectivity index (χ2v) is 3.99. The molecule has 0 radical (unpaired) electrons. The van der Waals surface area contributed by atoms with E-state index in [0.29, 0.717) is 6.42 Å². The van der Waals surface area contributed by atoms with E-state index in [9.17, 15) is 13.9 Å². The molecular weight excluding hydrogens is 204 g/mol. The molecule has 0 heterocycles. The van der Waals surface area contributed by atoms with Gasteiger partial charge in [0, 0.05) is 5.54 Å². The van der Waals surface area contributed by atoms with Crippen molar-refractivity contribution in [2.75, 3.05) is 19.8 Å². The fraction of sp³-hybridized carbons (Fsp3) is 1.00. The first-order chi connectivity index (χ1) is 6.93. The highest BCUT2D eigenvalue weighted by Crippen LogP contribution is 2.14. The number of rotatable bonds is 8. The number of nitrogens with one attached hydrogen (secondary N) is 1. The topological polar surface area (TPSA) is 41.5 Å². The summed E-state index contributed by atoms with van der Waals surface area (Å²) >= 11 is 0. The molecule has 0 saturated carbocycles. The molecule has 0 bridgehead atoms. The molecule has 0 aliphatic heterocycles. The lowest BCUT2D eigenvalue weighted by Gasteiger charge is -2.31. The van der Waals surface area contributed by atoms with E-state index in [2.05, 4.69) is 5.32 Å². The lowest BCUT2D eigenvalue weighted by Crippen LogP contribution is -2.48. The molecule has 0 spiro atoms. The van der Waals surface area contributed by atoms with Crippen LogP contribution in [0.5, 0.6) is 0 Å². The Morgan fingerprint density at radius 2 is 2.07 bits per heavy atom. The van der Waals surface area contributed by atoms with E-state index in [1.165, 1.54) is 0 Å². The number of likely N-dealkylation sites (N-methyl/N-ethyl adjacent to an activating group) is 1. The highest BCUT2D eigenvalue weighted by atomic mass is 19.3. The van der Waals surface area contributed by atoms with Gasteiger partial charge in [0.1, 0.15) is 6.61 Å². The Hall–Kier alpha value is -0.260. The van der Waals surface area contributed by atoms with Gasteiger partial charge in [-0.05, 0) is 26.8 Å². The van der Waals surface area contributed by atoms with Gasteiger partial charge >= 0.3 is 0 Å². The van der Waals surface area contributed by atoms with E-state index >= 15 is 0 Å². The van der Waals surface area contributed by atoms with Crippen molar-refractivity contribution in [1.82, 2.24) is 5.32 Å². The fourth-order valence-corrected chi connectivity index (χ4v) is 1.55. The summed E-state index contributed by atoms with van der Waals surface area (Å²) in [5.41, 5.74) is -0.462. The van der Waals surface area contributed by atoms with Gasteiger partial charge in [-0.15, -0.1) is 0 Å². The summed E-state index contributed by atoms with van der Waals surface area (Å²) < 4.78 is 28.7. The van der Waals surface area contributed by atoms with Crippen LogP contribution < -0.4 is 5.32 Å². The average molecular weight is 225 g/mol. The molecule has 0 fully saturated rings. The number of alkyl halides is 2. The fourth-order valence-electron chi connectivity index (χ4n) is 1.55. The standard InChI is InChI=1S/C10H21F2NO2/c1-4-13-10(3,7-14)5-8(2)15-6-9(11)12/h8-9,13-14H,4-7H2,1-3H3. The molecule has 0 rings (SSSR count). The quantitative estimate of drug-likeness (QED) is 0.656. The molecule has 2 atom stereocenters. The Morgan fingerprint density at radius 1 is 1.47 bits per heavy atom. The maximum Gasteiger partial charge on any atom is 0.261 e. The lowest BCUT2D eigenvalue weighted by molar-refractivity contribution is -0.0322. The molecule has 5 heteroatoms. The summed E-state index contributed by atoms with van der Waals surface area (Å²) in [6.45, 7) is 5.64. The molecule has 0 amide bonds. The molecule has 0 aromatic rings. The highest BCUT2D eigenvalue weighted by molar-refractivity contribution is 4.83. The van der Waals surface area contributed by atoms with Gasteiger partial charge in [0.05, 0.1) is 12.7 Å². The second-order valence-electron chi connectivity index (χ2n) is 3.99. The molecule has 0 saturated heterocycles. The zero-order valence-electron chi connectivity index (χ0n) is 9.59. The van der Waals surface area contributed by atoms with Crippen LogP contribution in [0.15, 0.2) is 0 Å². The third-order valence-corrected chi connectivity index (χ3v) is 2.20. The second kappa shape index (κ2) is 7.09. The molecule has 0 aromatic carbocycles. The van der Waals surface area contributed by atoms with Gasteiger partial charge in [-0.25, -0.2) is 8.78 Å². The lowest BCUT2D eigenvalue weighted by atomic mass is 9.96. The highest BCUT2D eigenvalue weighted by Gasteiger charge is 2.25. The predicted molar refractivity (Wildman–Crippen MR) is 55.2 cm³/mol. The molecule has 3 nitrogen and oxygen atoms in total. The summed E-state index contributed by atoms with van der Waals surface area (Å²) in [5.74, 6) is 0. The van der Waals surface area contributed by atoms with Crippen LogP contribution in [0.2, 0.25) is 0 Å². The van der Waals surface area contributed by atoms with E-state index in [4.69, 9.17) is 4.74 Å². The van der Waals surface area contributed by atoms with E-state index < -0.39 is 18.6 Å². The van der Waals surface area contributed by atoms with Crippen molar-refractivity contribution in [1.29, 1.82) is 0 Å². The predicted octanol–water partition coefficient (Wildman–Crippen LogP) is 1.41. The van der Waals surface area contributed by atoms with Crippen molar-refractivity contribution in [3.63, 3.8) is 0 Å². The van der Waals surface area contributed by atoms with Crippen LogP contribution in [0, 0.1) is 0 Å². The minimum atomic E-state index is -2.44. The van der Waals surface area contributed by atoms with E-state index in [1.807, 2.05) is 13.8 Å². The van der Waals surface area contributed by atoms with Crippen LogP contribution in [-0.2, 0) is 4.74 Å². The third-order valence-electron chi connectivity index (χ3n) is 2.20. The van der Waals surface area contributed by atoms with Crippen molar-refractivity contribution in [2.24, 2.45) is 0 Å². The van der Waals surface area contributed by atoms with Crippen LogP contribution in [0.25, 0.3) is 0 Å². The summed E-state index contributed by atoms with van der Waals surface area (Å²) in [6, 6.07) is 0. The Bertz CT molecular complexity index is 170. The van der Waals surface area contributed by atoms with Crippen molar-refractivity contribution in [3.05, 3.63) is 0 Å². The summed E-state index contributed by atoms with van der Waals surface area (Å²) in [4.78, 5) is 0. The first-order valence-corrected chi connectivity index (χ1v) is 5.19. The molecule has 92 valence electrons. The number of ether oxygens (including phenoxy) is 1. The van der Waals surface area contributed by atoms with Crippen molar-refractivity contribution >= 4 is 0 Å². The van der Waals surface area contributed by atoms with Crippen molar-refractivity contribution in [2.45, 2.75) is 45.3 Å². The van der Waals surface area contributed by atoms with Crippen LogP contribution in [0.1, 0.15) is 27.2 Å². The number of hydrogen-bond acceptors (Lipinski definition) is 3. The van der Waals surface area contributed by atoms with Crippen molar-refractivity contribution < 1.29 is 18.6 Å². The van der Waals surface area contributed by atoms with E-state index in [0.717, 1.165) is 6.54 Å². The van der Waals surface area contributed by atoms with E-state index in [-0.39, 0.29) is 12.7 Å². The Labute approximate surface area is 89.8 Å². The molecule has 2 N–H and O–H groups in total. The summed E-state index contributed by atoms with van der Waals surface area (Å²) in [5, 5.41) is 12.3. The normalized spacial score (nSPS) is 17.8. The molecule has 0 aliphatic carbocycles. The number of aliphatic hydroxyl groups excluding tert-OH is 1. The average Bonchev–Trinajstić information content (AvgIpc) is 2.15. The maximum atomic E-state index is 11.9. The Morgan fingerprint density at radius 3 is 2.47 bits per heavy atom. The van der Waals surface area contributed by atoms with E-state index in [1.54, 1.807) is 6.92 Å². The largest absolute Gasteiger partial charge is 0.394 e. The Balaban J connectivity index is 3.94. The van der Waals surface area contributed by atoms with Crippen LogP contribution >= 0.6 is 0 Å².